The Balaban J connectivity index is 1.46. The third-order valence-electron chi connectivity index (χ3n) is 7.36. The number of aromatic nitrogens is 4. The predicted octanol–water partition coefficient (Wildman–Crippen LogP) is 3.48. The fourth-order valence-electron chi connectivity index (χ4n) is 5.18. The molecule has 0 saturated carbocycles. The molecule has 6 N–H and O–H groups in total. The van der Waals surface area contributed by atoms with Crippen LogP contribution in [0.5, 0.6) is 11.6 Å². The zero-order valence-corrected chi connectivity index (χ0v) is 27.9. The number of carboxylic acid groups (broad SMARTS) is 1. The number of ether oxygens (including phenoxy) is 2. The van der Waals surface area contributed by atoms with E-state index in [9.17, 15) is 24.7 Å². The van der Waals surface area contributed by atoms with Gasteiger partial charge in [-0.05, 0) is 30.7 Å². The molecule has 4 aromatic rings. The summed E-state index contributed by atoms with van der Waals surface area (Å²) in [4.78, 5) is 24.8. The molecule has 1 aliphatic heterocycles. The number of halogens is 1. The van der Waals surface area contributed by atoms with Crippen molar-refractivity contribution in [2.45, 2.75) is 57.3 Å². The standard InChI is InChI=1S/C28H34IN6O9P/c1-14(2)12-17(24(37)38)34-45(40,44-18-11-7-9-15-8-5-6-10-16(15)18)42-13-19-21(36)28(3,39)25(43-19)35-22-20(31-26(35)29)23(41-4)33-27(30)32-22/h5-11,14,17,19,21,25,36,39H,12-13H2,1-4H3,(H,34,40)(H,37,38)(H2,30,32,33)/t17?,19-,21-,25-,28-,45?/m1/s1. The lowest BCUT2D eigenvalue weighted by Crippen LogP contribution is -2.45. The summed E-state index contributed by atoms with van der Waals surface area (Å²) >= 11 is 1.91. The summed E-state index contributed by atoms with van der Waals surface area (Å²) < 4.78 is 39.2. The van der Waals surface area contributed by atoms with E-state index in [1.165, 1.54) is 18.6 Å². The molecule has 2 aromatic heterocycles. The number of aliphatic carboxylic acids is 1. The summed E-state index contributed by atoms with van der Waals surface area (Å²) in [6.45, 7) is 4.46. The van der Waals surface area contributed by atoms with Gasteiger partial charge in [0.25, 0.3) is 0 Å². The molecule has 15 nitrogen and oxygen atoms in total. The number of fused-ring (bicyclic) bond motifs is 2. The minimum Gasteiger partial charge on any atom is -0.480 e. The lowest BCUT2D eigenvalue weighted by atomic mass is 9.96. The lowest BCUT2D eigenvalue weighted by Gasteiger charge is -2.28. The maximum Gasteiger partial charge on any atom is 0.459 e. The maximum atomic E-state index is 14.3. The van der Waals surface area contributed by atoms with Crippen LogP contribution in [0.15, 0.2) is 42.5 Å². The maximum absolute atomic E-state index is 14.3. The van der Waals surface area contributed by atoms with Crippen LogP contribution >= 0.6 is 30.3 Å². The zero-order chi connectivity index (χ0) is 32.7. The van der Waals surface area contributed by atoms with Crippen LogP contribution in [0.25, 0.3) is 21.9 Å². The van der Waals surface area contributed by atoms with Crippen molar-refractivity contribution in [1.82, 2.24) is 24.6 Å². The molecular formula is C28H34IN6O9P. The molecule has 1 aliphatic rings. The molecule has 5 rings (SSSR count). The number of benzene rings is 2. The third kappa shape index (κ3) is 6.72. The average Bonchev–Trinajstić information content (AvgIpc) is 3.41. The molecule has 1 fully saturated rings. The molecule has 2 aromatic carbocycles. The van der Waals surface area contributed by atoms with Crippen LogP contribution in [0.2, 0.25) is 0 Å². The van der Waals surface area contributed by atoms with E-state index in [0.29, 0.717) is 9.22 Å². The fourth-order valence-corrected chi connectivity index (χ4v) is 7.44. The van der Waals surface area contributed by atoms with Gasteiger partial charge in [-0.1, -0.05) is 50.2 Å². The molecule has 17 heteroatoms. The van der Waals surface area contributed by atoms with Gasteiger partial charge in [0.1, 0.15) is 29.6 Å². The second kappa shape index (κ2) is 12.9. The minimum atomic E-state index is -4.46. The summed E-state index contributed by atoms with van der Waals surface area (Å²) in [5.74, 6) is -1.11. The van der Waals surface area contributed by atoms with Gasteiger partial charge in [-0.25, -0.2) is 9.55 Å². The number of methoxy groups -OCH3 is 1. The molecule has 2 unspecified atom stereocenters. The van der Waals surface area contributed by atoms with Crippen LogP contribution < -0.4 is 20.1 Å². The first-order valence-corrected chi connectivity index (χ1v) is 16.6. The van der Waals surface area contributed by atoms with Gasteiger partial charge in [0.05, 0.1) is 13.7 Å². The van der Waals surface area contributed by atoms with Crippen molar-refractivity contribution in [3.8, 4) is 11.6 Å². The number of imidazole rings is 1. The van der Waals surface area contributed by atoms with Gasteiger partial charge in [-0.15, -0.1) is 0 Å². The summed E-state index contributed by atoms with van der Waals surface area (Å²) in [5, 5.41) is 36.6. The number of aliphatic hydroxyl groups is 2. The fraction of sp³-hybridized carbons (Fsp3) is 0.429. The number of hydrogen-bond donors (Lipinski definition) is 5. The van der Waals surface area contributed by atoms with Crippen LogP contribution in [-0.2, 0) is 18.6 Å². The Labute approximate surface area is 271 Å². The van der Waals surface area contributed by atoms with Gasteiger partial charge in [0.2, 0.25) is 11.8 Å². The van der Waals surface area contributed by atoms with E-state index in [1.807, 2.05) is 54.6 Å². The van der Waals surface area contributed by atoms with Gasteiger partial charge < -0.3 is 35.1 Å². The topological polar surface area (TPSA) is 213 Å². The molecule has 45 heavy (non-hydrogen) atoms. The van der Waals surface area contributed by atoms with Crippen molar-refractivity contribution in [2.24, 2.45) is 5.92 Å². The van der Waals surface area contributed by atoms with E-state index in [1.54, 1.807) is 24.3 Å². The Morgan fingerprint density at radius 1 is 1.22 bits per heavy atom. The Kier molecular flexibility index (Phi) is 9.56. The highest BCUT2D eigenvalue weighted by atomic mass is 127. The predicted molar refractivity (Wildman–Crippen MR) is 172 cm³/mol. The summed E-state index contributed by atoms with van der Waals surface area (Å²) in [6, 6.07) is 11.1. The number of rotatable bonds is 12. The Morgan fingerprint density at radius 2 is 1.93 bits per heavy atom. The van der Waals surface area contributed by atoms with Crippen LogP contribution in [0.4, 0.5) is 5.95 Å². The molecule has 6 atom stereocenters. The van der Waals surface area contributed by atoms with Gasteiger partial charge in [0, 0.05) is 28.0 Å². The molecule has 0 aliphatic carbocycles. The molecule has 0 radical (unpaired) electrons. The minimum absolute atomic E-state index is 0.0654. The molecular weight excluding hydrogens is 722 g/mol. The highest BCUT2D eigenvalue weighted by Gasteiger charge is 2.55. The van der Waals surface area contributed by atoms with Crippen molar-refractivity contribution in [2.75, 3.05) is 19.5 Å². The number of hydrogen-bond acceptors (Lipinski definition) is 12. The molecule has 0 bridgehead atoms. The van der Waals surface area contributed by atoms with Crippen molar-refractivity contribution < 1.29 is 43.2 Å². The first-order chi connectivity index (χ1) is 21.2. The zero-order valence-electron chi connectivity index (χ0n) is 24.8. The normalized spacial score (nSPS) is 23.8. The molecule has 1 saturated heterocycles. The van der Waals surface area contributed by atoms with E-state index < -0.39 is 50.4 Å². The number of nitrogens with two attached hydrogens (primary N) is 1. The first-order valence-electron chi connectivity index (χ1n) is 14.0. The molecule has 242 valence electrons. The second-order valence-corrected chi connectivity index (χ2v) is 13.9. The Morgan fingerprint density at radius 3 is 2.62 bits per heavy atom. The monoisotopic (exact) mass is 756 g/mol. The number of carbonyl (C=O) groups is 1. The van der Waals surface area contributed by atoms with E-state index in [2.05, 4.69) is 20.0 Å². The largest absolute Gasteiger partial charge is 0.480 e. The van der Waals surface area contributed by atoms with Crippen molar-refractivity contribution >= 4 is 64.2 Å². The smallest absolute Gasteiger partial charge is 0.459 e. The number of nitrogens with zero attached hydrogens (tertiary/aromatic N) is 4. The van der Waals surface area contributed by atoms with Gasteiger partial charge in [0.15, 0.2) is 21.2 Å². The SMILES string of the molecule is COc1nc(N)nc2c1nc(I)n2[C@@H]1O[C@H](COP(=O)(NC(CC(C)C)C(=O)O)Oc2cccc3ccccc23)[C@@H](O)[C@@]1(C)O. The summed E-state index contributed by atoms with van der Waals surface area (Å²) in [6.07, 6.45) is -3.94. The number of nitrogen functional groups attached to an aromatic ring is 1. The van der Waals surface area contributed by atoms with Crippen LogP contribution in [-0.4, -0.2) is 78.4 Å². The Hall–Kier alpha value is -3.12. The van der Waals surface area contributed by atoms with E-state index >= 15 is 0 Å². The number of carboxylic acids is 1. The van der Waals surface area contributed by atoms with Crippen LogP contribution in [0.1, 0.15) is 33.4 Å². The molecule has 0 spiro atoms. The van der Waals surface area contributed by atoms with Gasteiger partial charge in [-0.3, -0.25) is 13.9 Å². The van der Waals surface area contributed by atoms with E-state index in [-0.39, 0.29) is 41.1 Å². The third-order valence-corrected chi connectivity index (χ3v) is 9.68. The Bertz CT molecular complexity index is 1760. The number of aliphatic hydroxyl groups excluding tert-OH is 1. The average molecular weight is 756 g/mol. The van der Waals surface area contributed by atoms with Gasteiger partial charge >= 0.3 is 13.7 Å². The van der Waals surface area contributed by atoms with Crippen molar-refractivity contribution in [1.29, 1.82) is 0 Å². The number of nitrogens with one attached hydrogen (secondary N) is 1. The summed E-state index contributed by atoms with van der Waals surface area (Å²) in [5.41, 5.74) is 4.39. The van der Waals surface area contributed by atoms with E-state index in [4.69, 9.17) is 24.3 Å². The van der Waals surface area contributed by atoms with Crippen molar-refractivity contribution in [3.63, 3.8) is 0 Å². The van der Waals surface area contributed by atoms with E-state index in [0.717, 1.165) is 5.39 Å². The number of anilines is 1. The van der Waals surface area contributed by atoms with Crippen molar-refractivity contribution in [3.05, 3.63) is 46.3 Å². The first kappa shape index (κ1) is 33.2. The summed E-state index contributed by atoms with van der Waals surface area (Å²) in [7, 11) is -3.06. The van der Waals surface area contributed by atoms with Crippen LogP contribution in [0.3, 0.4) is 0 Å². The second-order valence-electron chi connectivity index (χ2n) is 11.2. The van der Waals surface area contributed by atoms with Crippen LogP contribution in [0, 0.1) is 9.75 Å². The molecule has 3 heterocycles. The molecule has 0 amide bonds. The lowest BCUT2D eigenvalue weighted by molar-refractivity contribution is -0.139. The highest BCUT2D eigenvalue weighted by Crippen LogP contribution is 2.49. The van der Waals surface area contributed by atoms with Gasteiger partial charge in [-0.2, -0.15) is 15.1 Å². The quantitative estimate of drug-likeness (QED) is 0.0796. The highest BCUT2D eigenvalue weighted by molar-refractivity contribution is 14.1.